The smallest absolute Gasteiger partial charge is 0.111 e. The van der Waals surface area contributed by atoms with Crippen LogP contribution in [0.1, 0.15) is 78.9 Å². The summed E-state index contributed by atoms with van der Waals surface area (Å²) in [6, 6.07) is 9.03. The van der Waals surface area contributed by atoms with Gasteiger partial charge in [0.2, 0.25) is 0 Å². The van der Waals surface area contributed by atoms with Gasteiger partial charge in [0.05, 0.1) is 0 Å². The topological polar surface area (TPSA) is 109 Å². The molecule has 0 spiro atoms. The largest absolute Gasteiger partial charge is 0.508 e. The average molecular weight is 451 g/mol. The first kappa shape index (κ1) is 37.4. The van der Waals surface area contributed by atoms with Crippen LogP contribution in [0, 0.1) is 31.1 Å². The van der Waals surface area contributed by atoms with Gasteiger partial charge in [-0.05, 0) is 81.2 Å². The molecule has 0 heterocycles. The Kier molecular flexibility index (Phi) is 24.6. The number of hydrogen-bond acceptors (Lipinski definition) is 2. The SMILES string of the molecule is CC.CN.Cc1ccc(C2=CC(CCC(C)C)CC2(C)C)cc1.O.O.[CH2]/C=C(O)\C=C\C. The van der Waals surface area contributed by atoms with E-state index in [1.807, 2.05) is 20.8 Å². The maximum absolute atomic E-state index is 8.57. The lowest BCUT2D eigenvalue weighted by Crippen LogP contribution is -2.11. The lowest BCUT2D eigenvalue weighted by atomic mass is 9.80. The third kappa shape index (κ3) is 15.0. The summed E-state index contributed by atoms with van der Waals surface area (Å²) in [5.41, 5.74) is 9.15. The molecule has 7 N–H and O–H groups in total. The molecule has 4 nitrogen and oxygen atoms in total. The van der Waals surface area contributed by atoms with E-state index in [4.69, 9.17) is 5.11 Å². The van der Waals surface area contributed by atoms with Crippen molar-refractivity contribution in [3.8, 4) is 0 Å². The second-order valence-corrected chi connectivity index (χ2v) is 8.39. The van der Waals surface area contributed by atoms with Crippen LogP contribution < -0.4 is 5.73 Å². The average Bonchev–Trinajstić information content (AvgIpc) is 3.05. The summed E-state index contributed by atoms with van der Waals surface area (Å²) in [4.78, 5) is 0. The Labute approximate surface area is 198 Å². The summed E-state index contributed by atoms with van der Waals surface area (Å²) in [6.45, 7) is 20.8. The maximum atomic E-state index is 8.57. The zero-order valence-corrected chi connectivity index (χ0v) is 22.1. The highest BCUT2D eigenvalue weighted by atomic mass is 16.3. The van der Waals surface area contributed by atoms with Crippen molar-refractivity contribution in [2.24, 2.45) is 23.0 Å². The lowest BCUT2D eigenvalue weighted by molar-refractivity contribution is 0.382. The molecular formula is C28H52NO3. The zero-order chi connectivity index (χ0) is 23.7. The summed E-state index contributed by atoms with van der Waals surface area (Å²) < 4.78 is 0. The minimum Gasteiger partial charge on any atom is -0.508 e. The Morgan fingerprint density at radius 2 is 1.66 bits per heavy atom. The van der Waals surface area contributed by atoms with Gasteiger partial charge < -0.3 is 21.8 Å². The number of hydrogen-bond donors (Lipinski definition) is 2. The molecule has 0 saturated carbocycles. The van der Waals surface area contributed by atoms with Gasteiger partial charge in [0, 0.05) is 0 Å². The van der Waals surface area contributed by atoms with Gasteiger partial charge >= 0.3 is 0 Å². The monoisotopic (exact) mass is 450 g/mol. The predicted octanol–water partition coefficient (Wildman–Crippen LogP) is 6.65. The van der Waals surface area contributed by atoms with Gasteiger partial charge in [-0.1, -0.05) is 89.9 Å². The summed E-state index contributed by atoms with van der Waals surface area (Å²) in [7, 11) is 1.50. The molecule has 1 radical (unpaired) electrons. The number of rotatable bonds is 5. The number of allylic oxidation sites excluding steroid dienone is 5. The van der Waals surface area contributed by atoms with Crippen LogP contribution in [-0.4, -0.2) is 23.1 Å². The first-order valence-corrected chi connectivity index (χ1v) is 11.4. The lowest BCUT2D eigenvalue weighted by Gasteiger charge is -2.24. The molecular weight excluding hydrogens is 398 g/mol. The molecule has 0 saturated heterocycles. The van der Waals surface area contributed by atoms with E-state index in [1.54, 1.807) is 17.7 Å². The Morgan fingerprint density at radius 1 is 1.16 bits per heavy atom. The van der Waals surface area contributed by atoms with Crippen LogP contribution >= 0.6 is 0 Å². The first-order chi connectivity index (χ1) is 14.2. The third-order valence-electron chi connectivity index (χ3n) is 4.93. The zero-order valence-electron chi connectivity index (χ0n) is 22.1. The fourth-order valence-corrected chi connectivity index (χ4v) is 3.48. The summed E-state index contributed by atoms with van der Waals surface area (Å²) in [5.74, 6) is 1.80. The van der Waals surface area contributed by atoms with Crippen LogP contribution in [0.5, 0.6) is 0 Å². The molecule has 1 aromatic rings. The van der Waals surface area contributed by atoms with Gasteiger partial charge in [-0.15, -0.1) is 0 Å². The van der Waals surface area contributed by atoms with Crippen LogP contribution in [-0.2, 0) is 0 Å². The van der Waals surface area contributed by atoms with E-state index in [1.165, 1.54) is 43.5 Å². The predicted molar refractivity (Wildman–Crippen MR) is 145 cm³/mol. The van der Waals surface area contributed by atoms with Crippen molar-refractivity contribution >= 4 is 5.57 Å². The van der Waals surface area contributed by atoms with Crippen LogP contribution in [0.3, 0.4) is 0 Å². The number of nitrogens with two attached hydrogens (primary N) is 1. The number of benzene rings is 1. The van der Waals surface area contributed by atoms with Crippen LogP contribution in [0.15, 0.2) is 54.3 Å². The van der Waals surface area contributed by atoms with Crippen molar-refractivity contribution < 1.29 is 16.1 Å². The highest BCUT2D eigenvalue weighted by Gasteiger charge is 2.33. The summed E-state index contributed by atoms with van der Waals surface area (Å²) in [6.07, 6.45) is 11.3. The van der Waals surface area contributed by atoms with E-state index in [2.05, 4.69) is 77.6 Å². The molecule has 0 fully saturated rings. The van der Waals surface area contributed by atoms with E-state index in [0.717, 1.165) is 11.8 Å². The molecule has 4 heteroatoms. The molecule has 187 valence electrons. The molecule has 0 bridgehead atoms. The first-order valence-electron chi connectivity index (χ1n) is 11.4. The molecule has 0 amide bonds. The Morgan fingerprint density at radius 3 is 2.03 bits per heavy atom. The molecule has 2 rings (SSSR count). The van der Waals surface area contributed by atoms with E-state index in [0.29, 0.717) is 5.41 Å². The van der Waals surface area contributed by atoms with Gasteiger partial charge in [0.25, 0.3) is 0 Å². The highest BCUT2D eigenvalue weighted by Crippen LogP contribution is 2.48. The summed E-state index contributed by atoms with van der Waals surface area (Å²) in [5, 5.41) is 8.57. The minimum atomic E-state index is 0. The standard InChI is InChI=1S/C19H28.C6H9O.C2H6.CH5N.2H2O/c1-14(2)6-9-16-12-18(19(4,5)13-16)17-10-7-15(3)8-11-17;1-3-5-6(7)4-2;2*1-2;;/h7-8,10-12,14,16H,6,9,13H2,1-5H3;3-5,7H,2H2,1H3;1-2H3;2H2,1H3;2*1H2/b;5-3+,6-4+;;;;. The van der Waals surface area contributed by atoms with Crippen LogP contribution in [0.25, 0.3) is 5.57 Å². The fourth-order valence-electron chi connectivity index (χ4n) is 3.48. The van der Waals surface area contributed by atoms with Crippen molar-refractivity contribution in [2.45, 2.75) is 74.7 Å². The van der Waals surface area contributed by atoms with Crippen molar-refractivity contribution in [2.75, 3.05) is 7.05 Å². The third-order valence-corrected chi connectivity index (χ3v) is 4.93. The minimum absolute atomic E-state index is 0. The van der Waals surface area contributed by atoms with Crippen LogP contribution in [0.4, 0.5) is 0 Å². The molecule has 1 aromatic carbocycles. The van der Waals surface area contributed by atoms with E-state index in [9.17, 15) is 0 Å². The molecule has 1 aliphatic carbocycles. The summed E-state index contributed by atoms with van der Waals surface area (Å²) >= 11 is 0. The maximum Gasteiger partial charge on any atom is 0.111 e. The van der Waals surface area contributed by atoms with Crippen molar-refractivity contribution in [1.29, 1.82) is 0 Å². The van der Waals surface area contributed by atoms with Gasteiger partial charge in [-0.2, -0.15) is 0 Å². The normalized spacial score (nSPS) is 16.2. The van der Waals surface area contributed by atoms with E-state index in [-0.39, 0.29) is 16.7 Å². The quantitative estimate of drug-likeness (QED) is 0.386. The van der Waals surface area contributed by atoms with Gasteiger partial charge in [-0.25, -0.2) is 0 Å². The Hall–Kier alpha value is -1.88. The molecule has 0 aliphatic heterocycles. The van der Waals surface area contributed by atoms with Gasteiger partial charge in [-0.3, -0.25) is 0 Å². The number of aliphatic hydroxyl groups is 1. The highest BCUT2D eigenvalue weighted by molar-refractivity contribution is 5.72. The van der Waals surface area contributed by atoms with Crippen molar-refractivity contribution in [3.63, 3.8) is 0 Å². The molecule has 1 unspecified atom stereocenters. The second kappa shape index (κ2) is 21.0. The molecule has 32 heavy (non-hydrogen) atoms. The molecule has 0 aromatic heterocycles. The van der Waals surface area contributed by atoms with E-state index < -0.39 is 0 Å². The van der Waals surface area contributed by atoms with Crippen LogP contribution in [0.2, 0.25) is 0 Å². The van der Waals surface area contributed by atoms with Crippen molar-refractivity contribution in [3.05, 3.63) is 72.4 Å². The van der Waals surface area contributed by atoms with Gasteiger partial charge in [0.15, 0.2) is 0 Å². The Balaban J connectivity index is -0.000000258. The van der Waals surface area contributed by atoms with Crippen molar-refractivity contribution in [1.82, 2.24) is 0 Å². The van der Waals surface area contributed by atoms with E-state index >= 15 is 0 Å². The molecule has 1 aliphatic rings. The fraction of sp³-hybridized carbons (Fsp3) is 0.536. The number of aliphatic hydroxyl groups excluding tert-OH is 1. The number of aryl methyl sites for hydroxylation is 1. The van der Waals surface area contributed by atoms with Gasteiger partial charge in [0.1, 0.15) is 5.76 Å². The second-order valence-electron chi connectivity index (χ2n) is 8.39. The molecule has 1 atom stereocenters. The Bertz CT molecular complexity index is 641.